The average molecular weight is 446 g/mol. The van der Waals surface area contributed by atoms with E-state index in [9.17, 15) is 14.4 Å². The maximum Gasteiger partial charge on any atom is 0.352 e. The summed E-state index contributed by atoms with van der Waals surface area (Å²) in [5, 5.41) is 9.36. The number of benzene rings is 1. The van der Waals surface area contributed by atoms with Gasteiger partial charge in [0.1, 0.15) is 11.2 Å². The summed E-state index contributed by atoms with van der Waals surface area (Å²) in [4.78, 5) is 38.5. The number of hydrogen-bond donors (Lipinski definition) is 1. The van der Waals surface area contributed by atoms with Crippen molar-refractivity contribution in [2.75, 3.05) is 5.32 Å². The van der Waals surface area contributed by atoms with Gasteiger partial charge in [0.25, 0.3) is 5.56 Å². The Hall–Kier alpha value is -2.91. The number of aryl methyl sites for hydroxylation is 2. The number of carbonyl (C=O) groups is 1. The highest BCUT2D eigenvalue weighted by Crippen LogP contribution is 2.20. The van der Waals surface area contributed by atoms with Crippen molar-refractivity contribution >= 4 is 50.5 Å². The van der Waals surface area contributed by atoms with Crippen LogP contribution in [0.4, 0.5) is 5.69 Å². The highest BCUT2D eigenvalue weighted by Gasteiger charge is 2.19. The molecule has 0 fully saturated rings. The molecule has 0 radical (unpaired) electrons. The smallest absolute Gasteiger partial charge is 0.324 e. The summed E-state index contributed by atoms with van der Waals surface area (Å²) in [7, 11) is 0. The predicted octanol–water partition coefficient (Wildman–Crippen LogP) is 3.27. The minimum atomic E-state index is -0.461. The summed E-state index contributed by atoms with van der Waals surface area (Å²) in [6, 6.07) is 6.91. The van der Waals surface area contributed by atoms with E-state index in [-0.39, 0.29) is 17.9 Å². The van der Waals surface area contributed by atoms with Crippen molar-refractivity contribution in [3.8, 4) is 0 Å². The van der Waals surface area contributed by atoms with Gasteiger partial charge in [-0.15, -0.1) is 16.4 Å². The van der Waals surface area contributed by atoms with Crippen LogP contribution in [0.25, 0.3) is 16.0 Å². The number of rotatable bonds is 6. The fourth-order valence-corrected chi connectivity index (χ4v) is 4.31. The lowest BCUT2D eigenvalue weighted by Gasteiger charge is -2.08. The van der Waals surface area contributed by atoms with E-state index in [1.807, 2.05) is 13.8 Å². The zero-order valence-electron chi connectivity index (χ0n) is 16.5. The van der Waals surface area contributed by atoms with Crippen molar-refractivity contribution in [3.63, 3.8) is 0 Å². The Morgan fingerprint density at radius 3 is 2.83 bits per heavy atom. The maximum atomic E-state index is 13.0. The lowest BCUT2D eigenvalue weighted by atomic mass is 10.2. The summed E-state index contributed by atoms with van der Waals surface area (Å²) in [5.74, 6) is -0.161. The van der Waals surface area contributed by atoms with Crippen LogP contribution in [0.1, 0.15) is 25.3 Å². The van der Waals surface area contributed by atoms with E-state index < -0.39 is 11.6 Å². The number of amides is 1. The summed E-state index contributed by atoms with van der Waals surface area (Å²) in [6.07, 6.45) is 1.68. The summed E-state index contributed by atoms with van der Waals surface area (Å²) in [5.41, 5.74) is 1.30. The SMILES string of the molecule is CCCCn1c(=O)c2sccc2n2c(=O)n(CC(=O)Nc3cc(Cl)ccc3C)nc12. The average Bonchev–Trinajstić information content (AvgIpc) is 3.30. The number of halogens is 1. The molecule has 0 bridgehead atoms. The largest absolute Gasteiger partial charge is 0.352 e. The molecule has 0 aliphatic carbocycles. The first-order chi connectivity index (χ1) is 14.4. The Bertz CT molecular complexity index is 1380. The summed E-state index contributed by atoms with van der Waals surface area (Å²) >= 11 is 7.30. The zero-order chi connectivity index (χ0) is 21.4. The predicted molar refractivity (Wildman–Crippen MR) is 119 cm³/mol. The van der Waals surface area contributed by atoms with Gasteiger partial charge < -0.3 is 5.32 Å². The van der Waals surface area contributed by atoms with Crippen LogP contribution in [0, 0.1) is 6.92 Å². The number of thiophene rings is 1. The molecule has 1 N–H and O–H groups in total. The number of carbonyl (C=O) groups excluding carboxylic acids is 1. The Kier molecular flexibility index (Phi) is 5.48. The first-order valence-corrected chi connectivity index (χ1v) is 10.8. The first kappa shape index (κ1) is 20.4. The third-order valence-electron chi connectivity index (χ3n) is 4.89. The molecule has 4 aromatic rings. The molecule has 3 heterocycles. The molecule has 0 saturated carbocycles. The van der Waals surface area contributed by atoms with Crippen LogP contribution in [0.3, 0.4) is 0 Å². The molecule has 4 rings (SSSR count). The van der Waals surface area contributed by atoms with Crippen LogP contribution in [-0.2, 0) is 17.9 Å². The first-order valence-electron chi connectivity index (χ1n) is 9.56. The van der Waals surface area contributed by atoms with Crippen molar-refractivity contribution in [2.24, 2.45) is 0 Å². The minimum absolute atomic E-state index is 0.169. The Morgan fingerprint density at radius 1 is 1.27 bits per heavy atom. The van der Waals surface area contributed by atoms with Gasteiger partial charge in [-0.2, -0.15) is 0 Å². The van der Waals surface area contributed by atoms with Crippen molar-refractivity contribution in [3.05, 3.63) is 61.1 Å². The number of nitrogens with zero attached hydrogens (tertiary/aromatic N) is 4. The number of anilines is 1. The standard InChI is InChI=1S/C20H20ClN5O3S/c1-3-4-8-24-18(28)17-15(7-9-30-17)26-19(24)23-25(20(26)29)11-16(27)22-14-10-13(21)6-5-12(14)2/h5-7,9-10H,3-4,8,11H2,1-2H3,(H,22,27). The molecule has 1 amide bonds. The molecule has 3 aromatic heterocycles. The highest BCUT2D eigenvalue weighted by molar-refractivity contribution is 7.17. The van der Waals surface area contributed by atoms with E-state index in [1.165, 1.54) is 20.3 Å². The second-order valence-electron chi connectivity index (χ2n) is 7.03. The molecule has 1 aromatic carbocycles. The number of unbranched alkanes of at least 4 members (excludes halogenated alkanes) is 1. The summed E-state index contributed by atoms with van der Waals surface area (Å²) in [6.45, 7) is 4.05. The van der Waals surface area contributed by atoms with Crippen molar-refractivity contribution in [1.82, 2.24) is 18.7 Å². The van der Waals surface area contributed by atoms with Gasteiger partial charge in [0.05, 0.1) is 5.52 Å². The molecule has 0 aliphatic heterocycles. The molecular formula is C20H20ClN5O3S. The number of fused-ring (bicyclic) bond motifs is 3. The van der Waals surface area contributed by atoms with Crippen LogP contribution in [0.5, 0.6) is 0 Å². The fourth-order valence-electron chi connectivity index (χ4n) is 3.31. The van der Waals surface area contributed by atoms with Gasteiger partial charge in [-0.3, -0.25) is 14.2 Å². The summed E-state index contributed by atoms with van der Waals surface area (Å²) < 4.78 is 4.50. The number of aromatic nitrogens is 4. The molecule has 156 valence electrons. The Morgan fingerprint density at radius 2 is 2.07 bits per heavy atom. The normalized spacial score (nSPS) is 11.4. The van der Waals surface area contributed by atoms with E-state index in [0.717, 1.165) is 23.1 Å². The quantitative estimate of drug-likeness (QED) is 0.493. The molecule has 0 atom stereocenters. The van der Waals surface area contributed by atoms with Crippen molar-refractivity contribution in [1.29, 1.82) is 0 Å². The van der Waals surface area contributed by atoms with E-state index in [4.69, 9.17) is 11.6 Å². The van der Waals surface area contributed by atoms with E-state index in [0.29, 0.717) is 27.5 Å². The van der Waals surface area contributed by atoms with Gasteiger partial charge in [-0.05, 0) is 42.5 Å². The molecule has 30 heavy (non-hydrogen) atoms. The second-order valence-corrected chi connectivity index (χ2v) is 8.38. The van der Waals surface area contributed by atoms with Gasteiger partial charge in [-0.1, -0.05) is 31.0 Å². The number of hydrogen-bond acceptors (Lipinski definition) is 5. The third kappa shape index (κ3) is 3.54. The highest BCUT2D eigenvalue weighted by atomic mass is 35.5. The Balaban J connectivity index is 1.76. The molecule has 8 nitrogen and oxygen atoms in total. The van der Waals surface area contributed by atoms with E-state index in [1.54, 1.807) is 29.6 Å². The lowest BCUT2D eigenvalue weighted by molar-refractivity contribution is -0.117. The maximum absolute atomic E-state index is 13.0. The molecular weight excluding hydrogens is 426 g/mol. The van der Waals surface area contributed by atoms with Crippen LogP contribution >= 0.6 is 22.9 Å². The molecule has 0 spiro atoms. The molecule has 10 heteroatoms. The van der Waals surface area contributed by atoms with Crippen LogP contribution < -0.4 is 16.6 Å². The van der Waals surface area contributed by atoms with Gasteiger partial charge >= 0.3 is 5.69 Å². The van der Waals surface area contributed by atoms with E-state index >= 15 is 0 Å². The van der Waals surface area contributed by atoms with Gasteiger partial charge in [-0.25, -0.2) is 13.9 Å². The minimum Gasteiger partial charge on any atom is -0.324 e. The van der Waals surface area contributed by atoms with Crippen LogP contribution in [-0.4, -0.2) is 24.7 Å². The van der Waals surface area contributed by atoms with Crippen LogP contribution in [0.15, 0.2) is 39.2 Å². The monoisotopic (exact) mass is 445 g/mol. The topological polar surface area (TPSA) is 90.4 Å². The zero-order valence-corrected chi connectivity index (χ0v) is 18.1. The van der Waals surface area contributed by atoms with Crippen LogP contribution in [0.2, 0.25) is 5.02 Å². The van der Waals surface area contributed by atoms with Crippen molar-refractivity contribution in [2.45, 2.75) is 39.8 Å². The van der Waals surface area contributed by atoms with E-state index in [2.05, 4.69) is 10.4 Å². The number of nitrogens with one attached hydrogen (secondary N) is 1. The van der Waals surface area contributed by atoms with Gasteiger partial charge in [0, 0.05) is 17.3 Å². The molecule has 0 unspecified atom stereocenters. The lowest BCUT2D eigenvalue weighted by Crippen LogP contribution is -2.29. The fraction of sp³-hybridized carbons (Fsp3) is 0.300. The molecule has 0 saturated heterocycles. The van der Waals surface area contributed by atoms with Gasteiger partial charge in [0.2, 0.25) is 11.7 Å². The van der Waals surface area contributed by atoms with Gasteiger partial charge in [0.15, 0.2) is 0 Å². The Labute approximate surface area is 180 Å². The second kappa shape index (κ2) is 8.08. The third-order valence-corrected chi connectivity index (χ3v) is 6.02. The van der Waals surface area contributed by atoms with Crippen molar-refractivity contribution < 1.29 is 4.79 Å². The molecule has 0 aliphatic rings.